The predicted molar refractivity (Wildman–Crippen MR) is 91.4 cm³/mol. The summed E-state index contributed by atoms with van der Waals surface area (Å²) in [5, 5.41) is 5.11. The van der Waals surface area contributed by atoms with Crippen molar-refractivity contribution in [2.45, 2.75) is 26.3 Å². The predicted octanol–water partition coefficient (Wildman–Crippen LogP) is 3.14. The molecule has 1 aromatic carbocycles. The number of benzene rings is 1. The fraction of sp³-hybridized carbons (Fsp3) is 0.278. The fourth-order valence-electron chi connectivity index (χ4n) is 2.39. The van der Waals surface area contributed by atoms with Crippen molar-refractivity contribution < 1.29 is 27.5 Å². The van der Waals surface area contributed by atoms with Gasteiger partial charge in [0.15, 0.2) is 0 Å². The molecule has 144 valence electrons. The van der Waals surface area contributed by atoms with E-state index in [4.69, 9.17) is 0 Å². The van der Waals surface area contributed by atoms with Gasteiger partial charge in [-0.1, -0.05) is 12.1 Å². The van der Waals surface area contributed by atoms with Gasteiger partial charge in [-0.25, -0.2) is 4.98 Å². The Labute approximate surface area is 153 Å². The summed E-state index contributed by atoms with van der Waals surface area (Å²) >= 11 is 0. The van der Waals surface area contributed by atoms with E-state index in [1.807, 2.05) is 0 Å². The Hall–Kier alpha value is -3.10. The van der Waals surface area contributed by atoms with Gasteiger partial charge in [-0.2, -0.15) is 0 Å². The van der Waals surface area contributed by atoms with Gasteiger partial charge in [0.05, 0.1) is 6.04 Å². The molecule has 0 saturated heterocycles. The maximum absolute atomic E-state index is 12.5. The lowest BCUT2D eigenvalue weighted by atomic mass is 10.1. The van der Waals surface area contributed by atoms with Crippen molar-refractivity contribution in [1.29, 1.82) is 0 Å². The molecule has 1 heterocycles. The smallest absolute Gasteiger partial charge is 0.406 e. The van der Waals surface area contributed by atoms with E-state index in [-0.39, 0.29) is 17.0 Å². The van der Waals surface area contributed by atoms with Crippen LogP contribution < -0.4 is 15.4 Å². The molecular weight excluding hydrogens is 363 g/mol. The summed E-state index contributed by atoms with van der Waals surface area (Å²) in [5.41, 5.74) is 1.23. The van der Waals surface area contributed by atoms with Gasteiger partial charge in [-0.05, 0) is 43.7 Å². The van der Waals surface area contributed by atoms with Crippen LogP contribution in [0.2, 0.25) is 0 Å². The Bertz CT molecular complexity index is 853. The Kier molecular flexibility index (Phi) is 6.04. The van der Waals surface area contributed by atoms with Crippen molar-refractivity contribution in [1.82, 2.24) is 15.6 Å². The second-order valence-corrected chi connectivity index (χ2v) is 5.78. The van der Waals surface area contributed by atoms with Gasteiger partial charge in [-0.3, -0.25) is 9.59 Å². The number of rotatable bonds is 5. The van der Waals surface area contributed by atoms with E-state index in [9.17, 15) is 22.8 Å². The van der Waals surface area contributed by atoms with Crippen molar-refractivity contribution in [3.8, 4) is 5.75 Å². The molecular formula is C18H18F3N3O3. The summed E-state index contributed by atoms with van der Waals surface area (Å²) in [7, 11) is 1.45. The Morgan fingerprint density at radius 3 is 2.48 bits per heavy atom. The number of carbonyl (C=O) groups is 2. The van der Waals surface area contributed by atoms with Gasteiger partial charge in [-0.15, -0.1) is 13.2 Å². The first-order valence-corrected chi connectivity index (χ1v) is 7.96. The summed E-state index contributed by atoms with van der Waals surface area (Å²) in [6.07, 6.45) is -4.80. The minimum absolute atomic E-state index is 0.0934. The number of carbonyl (C=O) groups excluding carboxylic acids is 2. The number of halogens is 3. The van der Waals surface area contributed by atoms with Crippen LogP contribution in [-0.4, -0.2) is 30.2 Å². The number of amides is 2. The van der Waals surface area contributed by atoms with Crippen LogP contribution in [0.15, 0.2) is 36.4 Å². The second kappa shape index (κ2) is 8.07. The van der Waals surface area contributed by atoms with Crippen molar-refractivity contribution >= 4 is 11.8 Å². The molecule has 0 aliphatic carbocycles. The van der Waals surface area contributed by atoms with E-state index in [0.717, 1.165) is 0 Å². The molecule has 0 bridgehead atoms. The number of aromatic nitrogens is 1. The van der Waals surface area contributed by atoms with Crippen molar-refractivity contribution in [3.63, 3.8) is 0 Å². The summed E-state index contributed by atoms with van der Waals surface area (Å²) in [4.78, 5) is 28.3. The van der Waals surface area contributed by atoms with E-state index in [0.29, 0.717) is 11.3 Å². The molecule has 2 aromatic rings. The first-order chi connectivity index (χ1) is 12.6. The quantitative estimate of drug-likeness (QED) is 0.834. The number of hydrogen-bond donors (Lipinski definition) is 2. The third-order valence-corrected chi connectivity index (χ3v) is 3.61. The van der Waals surface area contributed by atoms with Crippen molar-refractivity contribution in [3.05, 3.63) is 58.9 Å². The first kappa shape index (κ1) is 20.2. The minimum Gasteiger partial charge on any atom is -0.406 e. The maximum atomic E-state index is 12.5. The molecule has 0 aliphatic rings. The highest BCUT2D eigenvalue weighted by Crippen LogP contribution is 2.25. The molecule has 9 heteroatoms. The maximum Gasteiger partial charge on any atom is 0.573 e. The summed E-state index contributed by atoms with van der Waals surface area (Å²) < 4.78 is 40.9. The topological polar surface area (TPSA) is 80.3 Å². The van der Waals surface area contributed by atoms with Gasteiger partial charge in [0.1, 0.15) is 11.4 Å². The Morgan fingerprint density at radius 1 is 1.15 bits per heavy atom. The number of hydrogen-bond acceptors (Lipinski definition) is 4. The molecule has 0 radical (unpaired) electrons. The van der Waals surface area contributed by atoms with Crippen LogP contribution in [-0.2, 0) is 0 Å². The first-order valence-electron chi connectivity index (χ1n) is 7.96. The van der Waals surface area contributed by atoms with E-state index in [2.05, 4.69) is 20.4 Å². The van der Waals surface area contributed by atoms with Crippen molar-refractivity contribution in [2.24, 2.45) is 0 Å². The summed E-state index contributed by atoms with van der Waals surface area (Å²) in [6, 6.07) is 7.61. The number of nitrogens with one attached hydrogen (secondary N) is 2. The molecule has 0 saturated carbocycles. The normalized spacial score (nSPS) is 12.2. The van der Waals surface area contributed by atoms with Crippen LogP contribution in [0.1, 0.15) is 45.1 Å². The monoisotopic (exact) mass is 381 g/mol. The Morgan fingerprint density at radius 2 is 1.85 bits per heavy atom. The zero-order chi connectivity index (χ0) is 20.2. The zero-order valence-corrected chi connectivity index (χ0v) is 14.8. The molecule has 0 aliphatic heterocycles. The van der Waals surface area contributed by atoms with E-state index >= 15 is 0 Å². The number of nitrogens with zero attached hydrogens (tertiary/aromatic N) is 1. The molecule has 2 rings (SSSR count). The van der Waals surface area contributed by atoms with E-state index < -0.39 is 24.2 Å². The van der Waals surface area contributed by atoms with Crippen LogP contribution in [0.5, 0.6) is 5.75 Å². The lowest BCUT2D eigenvalue weighted by molar-refractivity contribution is -0.274. The number of ether oxygens (including phenoxy) is 1. The largest absolute Gasteiger partial charge is 0.573 e. The van der Waals surface area contributed by atoms with Crippen molar-refractivity contribution in [2.75, 3.05) is 7.05 Å². The third kappa shape index (κ3) is 5.70. The Balaban J connectivity index is 2.17. The van der Waals surface area contributed by atoms with E-state index in [1.54, 1.807) is 19.9 Å². The molecule has 1 atom stereocenters. The molecule has 2 N–H and O–H groups in total. The zero-order valence-electron chi connectivity index (χ0n) is 14.8. The molecule has 1 aromatic heterocycles. The van der Waals surface area contributed by atoms with Gasteiger partial charge < -0.3 is 15.4 Å². The molecule has 2 amide bonds. The number of alkyl halides is 3. The molecule has 1 unspecified atom stereocenters. The number of aryl methyl sites for hydroxylation is 1. The molecule has 27 heavy (non-hydrogen) atoms. The third-order valence-electron chi connectivity index (χ3n) is 3.61. The SMILES string of the molecule is CNC(=O)c1cc(C(=O)NC(C)c2cccc(OC(F)(F)F)c2)cc(C)n1. The lowest BCUT2D eigenvalue weighted by Gasteiger charge is -2.16. The highest BCUT2D eigenvalue weighted by molar-refractivity contribution is 5.98. The van der Waals surface area contributed by atoms with Gasteiger partial charge in [0, 0.05) is 18.3 Å². The van der Waals surface area contributed by atoms with Gasteiger partial charge >= 0.3 is 6.36 Å². The minimum atomic E-state index is -4.80. The average Bonchev–Trinajstić information content (AvgIpc) is 2.59. The standard InChI is InChI=1S/C18H18F3N3O3/c1-10-7-13(9-15(23-10)17(26)22-3)16(25)24-11(2)12-5-4-6-14(8-12)27-18(19,20)21/h4-9,11H,1-3H3,(H,22,26)(H,24,25). The highest BCUT2D eigenvalue weighted by atomic mass is 19.4. The average molecular weight is 381 g/mol. The van der Waals surface area contributed by atoms with Gasteiger partial charge in [0.25, 0.3) is 11.8 Å². The summed E-state index contributed by atoms with van der Waals surface area (Å²) in [6.45, 7) is 3.27. The van der Waals surface area contributed by atoms with E-state index in [1.165, 1.54) is 37.4 Å². The number of pyridine rings is 1. The van der Waals surface area contributed by atoms with Crippen LogP contribution in [0.3, 0.4) is 0 Å². The van der Waals surface area contributed by atoms with Crippen LogP contribution in [0.4, 0.5) is 13.2 Å². The molecule has 0 spiro atoms. The fourth-order valence-corrected chi connectivity index (χ4v) is 2.39. The van der Waals surface area contributed by atoms with Crippen LogP contribution in [0.25, 0.3) is 0 Å². The van der Waals surface area contributed by atoms with Crippen LogP contribution >= 0.6 is 0 Å². The molecule has 6 nitrogen and oxygen atoms in total. The van der Waals surface area contributed by atoms with Gasteiger partial charge in [0.2, 0.25) is 0 Å². The molecule has 0 fully saturated rings. The summed E-state index contributed by atoms with van der Waals surface area (Å²) in [5.74, 6) is -1.29. The second-order valence-electron chi connectivity index (χ2n) is 5.78. The van der Waals surface area contributed by atoms with Crippen LogP contribution in [0, 0.1) is 6.92 Å². The lowest BCUT2D eigenvalue weighted by Crippen LogP contribution is -2.28. The highest BCUT2D eigenvalue weighted by Gasteiger charge is 2.31.